The maximum absolute atomic E-state index is 13.9. The third-order valence-electron chi connectivity index (χ3n) is 8.07. The lowest BCUT2D eigenvalue weighted by atomic mass is 9.73. The van der Waals surface area contributed by atoms with Crippen molar-refractivity contribution in [1.29, 1.82) is 0 Å². The van der Waals surface area contributed by atoms with Gasteiger partial charge in [-0.25, -0.2) is 14.4 Å². The van der Waals surface area contributed by atoms with Crippen LogP contribution in [-0.2, 0) is 24.4 Å². The van der Waals surface area contributed by atoms with Crippen LogP contribution in [0.4, 0.5) is 10.2 Å². The highest BCUT2D eigenvalue weighted by atomic mass is 32.2. The number of amides is 1. The number of hydrogen-bond acceptors (Lipinski definition) is 8. The summed E-state index contributed by atoms with van der Waals surface area (Å²) in [4.78, 5) is 22.4. The molecule has 1 saturated heterocycles. The number of aliphatic hydroxyl groups is 1. The number of nitrogens with zero attached hydrogens (tertiary/aromatic N) is 3. The SMILES string of the molecule is CC(C)(C)[S+]([O-])N[C@@H]1c2ccccc2CC12CCN(c1ncc(C#CCOc3ccc(C(N)=O)c(F)c3)nc1CO)CC2. The zero-order valence-electron chi connectivity index (χ0n) is 24.5. The van der Waals surface area contributed by atoms with Gasteiger partial charge in [0.2, 0.25) is 0 Å². The summed E-state index contributed by atoms with van der Waals surface area (Å²) in [6, 6.07) is 12.2. The van der Waals surface area contributed by atoms with Gasteiger partial charge in [-0.15, -0.1) is 4.72 Å². The van der Waals surface area contributed by atoms with Gasteiger partial charge in [0.25, 0.3) is 5.91 Å². The number of nitrogens with two attached hydrogens (primary N) is 1. The first-order valence-electron chi connectivity index (χ1n) is 14.2. The number of carbonyl (C=O) groups excluding carboxylic acids is 1. The molecule has 9 nitrogen and oxygen atoms in total. The Bertz CT molecular complexity index is 1560. The highest BCUT2D eigenvalue weighted by Crippen LogP contribution is 2.53. The van der Waals surface area contributed by atoms with Crippen LogP contribution in [0.2, 0.25) is 0 Å². The largest absolute Gasteiger partial charge is 0.598 e. The van der Waals surface area contributed by atoms with E-state index >= 15 is 0 Å². The molecule has 0 radical (unpaired) electrons. The van der Waals surface area contributed by atoms with Crippen LogP contribution >= 0.6 is 0 Å². The predicted octanol–water partition coefficient (Wildman–Crippen LogP) is 3.57. The van der Waals surface area contributed by atoms with Crippen LogP contribution in [0.25, 0.3) is 0 Å². The Hall–Kier alpha value is -3.69. The zero-order valence-corrected chi connectivity index (χ0v) is 25.3. The first-order chi connectivity index (χ1) is 20.5. The van der Waals surface area contributed by atoms with Crippen molar-refractivity contribution in [3.05, 3.63) is 82.6 Å². The van der Waals surface area contributed by atoms with Gasteiger partial charge in [0.1, 0.15) is 34.3 Å². The molecule has 2 aromatic carbocycles. The van der Waals surface area contributed by atoms with Gasteiger partial charge in [0.15, 0.2) is 5.82 Å². The number of piperidine rings is 1. The van der Waals surface area contributed by atoms with E-state index in [1.54, 1.807) is 6.20 Å². The van der Waals surface area contributed by atoms with Crippen LogP contribution in [0.15, 0.2) is 48.7 Å². The van der Waals surface area contributed by atoms with Crippen molar-refractivity contribution in [1.82, 2.24) is 14.7 Å². The summed E-state index contributed by atoms with van der Waals surface area (Å²) < 4.78 is 35.7. The number of fused-ring (bicyclic) bond motifs is 1. The number of ether oxygens (including phenoxy) is 1. The third kappa shape index (κ3) is 6.63. The lowest BCUT2D eigenvalue weighted by Gasteiger charge is -2.44. The van der Waals surface area contributed by atoms with Gasteiger partial charge in [0, 0.05) is 35.9 Å². The monoisotopic (exact) mass is 605 g/mol. The van der Waals surface area contributed by atoms with E-state index in [4.69, 9.17) is 10.5 Å². The fourth-order valence-corrected chi connectivity index (χ4v) is 6.72. The van der Waals surface area contributed by atoms with Gasteiger partial charge in [-0.2, -0.15) is 0 Å². The predicted molar refractivity (Wildman–Crippen MR) is 163 cm³/mol. The van der Waals surface area contributed by atoms with Gasteiger partial charge in [-0.05, 0) is 69.2 Å². The van der Waals surface area contributed by atoms with E-state index in [1.807, 2.05) is 26.8 Å². The molecule has 1 aliphatic carbocycles. The van der Waals surface area contributed by atoms with Crippen molar-refractivity contribution in [2.45, 2.75) is 57.4 Å². The summed E-state index contributed by atoms with van der Waals surface area (Å²) in [6.45, 7) is 7.06. The number of halogens is 1. The van der Waals surface area contributed by atoms with E-state index in [-0.39, 0.29) is 40.7 Å². The standard InChI is InChI=1S/C32H36FN5O4S/c1-31(2,3)43(41)37-28-24-9-5-4-7-21(24)18-32(28)12-14-38(15-13-32)30-27(20-39)36-22(19-35-30)8-6-16-42-23-10-11-25(29(34)40)26(33)17-23/h4-5,7,9-11,17,19,28,37,39H,12-16,18,20H2,1-3H3,(H2,34,40)/t28-,43?/m1/s1. The van der Waals surface area contributed by atoms with Crippen LogP contribution in [0, 0.1) is 23.1 Å². The van der Waals surface area contributed by atoms with Gasteiger partial charge in [-0.1, -0.05) is 30.2 Å². The Morgan fingerprint density at radius 3 is 2.70 bits per heavy atom. The Morgan fingerprint density at radius 2 is 2.02 bits per heavy atom. The van der Waals surface area contributed by atoms with Crippen LogP contribution in [-0.4, -0.2) is 50.0 Å². The molecule has 1 fully saturated rings. The van der Waals surface area contributed by atoms with E-state index in [9.17, 15) is 18.8 Å². The normalized spacial score (nSPS) is 18.1. The first kappa shape index (κ1) is 30.8. The van der Waals surface area contributed by atoms with Gasteiger partial charge < -0.3 is 25.0 Å². The highest BCUT2D eigenvalue weighted by Gasteiger charge is 2.50. The molecule has 43 heavy (non-hydrogen) atoms. The molecule has 0 saturated carbocycles. The number of aromatic nitrogens is 2. The second-order valence-electron chi connectivity index (χ2n) is 11.9. The van der Waals surface area contributed by atoms with Gasteiger partial charge in [-0.3, -0.25) is 4.79 Å². The fourth-order valence-electron chi connectivity index (χ4n) is 5.77. The first-order valence-corrected chi connectivity index (χ1v) is 15.3. The number of hydrogen-bond donors (Lipinski definition) is 3. The average molecular weight is 606 g/mol. The van der Waals surface area contributed by atoms with Crippen LogP contribution in [0.1, 0.15) is 72.5 Å². The molecular formula is C32H36FN5O4S. The molecule has 1 spiro atoms. The third-order valence-corrected chi connectivity index (χ3v) is 9.63. The lowest BCUT2D eigenvalue weighted by molar-refractivity contribution is 0.0996. The molecule has 1 aromatic heterocycles. The zero-order chi connectivity index (χ0) is 30.8. The molecule has 226 valence electrons. The Kier molecular flexibility index (Phi) is 8.94. The molecule has 0 bridgehead atoms. The second-order valence-corrected chi connectivity index (χ2v) is 13.9. The minimum absolute atomic E-state index is 0.00763. The van der Waals surface area contributed by atoms with Crippen molar-refractivity contribution >= 4 is 23.1 Å². The molecule has 1 aliphatic heterocycles. The molecule has 1 unspecified atom stereocenters. The van der Waals surface area contributed by atoms with Gasteiger partial charge in [0.05, 0.1) is 24.4 Å². The van der Waals surface area contributed by atoms with Crippen molar-refractivity contribution in [3.8, 4) is 17.6 Å². The maximum atomic E-state index is 13.9. The molecule has 2 atom stereocenters. The maximum Gasteiger partial charge on any atom is 0.251 e. The van der Waals surface area contributed by atoms with Crippen LogP contribution < -0.4 is 20.1 Å². The number of aliphatic hydroxyl groups excluding tert-OH is 1. The van der Waals surface area contributed by atoms with E-state index in [2.05, 4.69) is 49.6 Å². The summed E-state index contributed by atoms with van der Waals surface area (Å²) >= 11 is -1.21. The molecular weight excluding hydrogens is 569 g/mol. The van der Waals surface area contributed by atoms with Crippen molar-refractivity contribution in [2.24, 2.45) is 11.1 Å². The van der Waals surface area contributed by atoms with Crippen molar-refractivity contribution < 1.29 is 23.6 Å². The lowest BCUT2D eigenvalue weighted by Crippen LogP contribution is -2.50. The molecule has 11 heteroatoms. The molecule has 2 aliphatic rings. The fraction of sp³-hybridized carbons (Fsp3) is 0.406. The highest BCUT2D eigenvalue weighted by molar-refractivity contribution is 7.90. The van der Waals surface area contributed by atoms with Crippen LogP contribution in [0.5, 0.6) is 5.75 Å². The number of primary amides is 1. The Morgan fingerprint density at radius 1 is 1.28 bits per heavy atom. The van der Waals surface area contributed by atoms with Crippen LogP contribution in [0.3, 0.4) is 0 Å². The molecule has 2 heterocycles. The molecule has 4 N–H and O–H groups in total. The number of carbonyl (C=O) groups is 1. The number of anilines is 1. The summed E-state index contributed by atoms with van der Waals surface area (Å²) in [7, 11) is 0. The number of benzene rings is 2. The van der Waals surface area contributed by atoms with E-state index < -0.39 is 23.1 Å². The minimum Gasteiger partial charge on any atom is -0.598 e. The number of nitrogens with one attached hydrogen (secondary N) is 1. The average Bonchev–Trinajstić information content (AvgIpc) is 3.27. The van der Waals surface area contributed by atoms with Crippen molar-refractivity contribution in [2.75, 3.05) is 24.6 Å². The number of rotatable bonds is 7. The molecule has 5 rings (SSSR count). The topological polar surface area (TPSA) is 137 Å². The minimum atomic E-state index is -1.21. The van der Waals surface area contributed by atoms with E-state index in [1.165, 1.54) is 23.3 Å². The van der Waals surface area contributed by atoms with Gasteiger partial charge >= 0.3 is 0 Å². The summed E-state index contributed by atoms with van der Waals surface area (Å²) in [5.74, 6) is 4.90. The quantitative estimate of drug-likeness (QED) is 0.275. The van der Waals surface area contributed by atoms with E-state index in [0.29, 0.717) is 17.2 Å². The molecule has 1 amide bonds. The Balaban J connectivity index is 1.25. The van der Waals surface area contributed by atoms with E-state index in [0.717, 1.165) is 38.4 Å². The Labute approximate surface area is 254 Å². The smallest absolute Gasteiger partial charge is 0.251 e. The van der Waals surface area contributed by atoms with Crippen molar-refractivity contribution in [3.63, 3.8) is 0 Å². The second kappa shape index (κ2) is 12.5. The summed E-state index contributed by atoms with van der Waals surface area (Å²) in [6.07, 6.45) is 4.23. The molecule has 3 aromatic rings. The summed E-state index contributed by atoms with van der Waals surface area (Å²) in [5.41, 5.74) is 8.18. The summed E-state index contributed by atoms with van der Waals surface area (Å²) in [5, 5.41) is 10.1.